The lowest BCUT2D eigenvalue weighted by Crippen LogP contribution is -1.96. The molecular formula is C18H20Cl2F2N4O2. The number of aromatic amines is 1. The van der Waals surface area contributed by atoms with E-state index in [1.54, 1.807) is 18.2 Å². The zero-order valence-electron chi connectivity index (χ0n) is 14.8. The number of rotatable bonds is 4. The van der Waals surface area contributed by atoms with Crippen molar-refractivity contribution in [3.63, 3.8) is 0 Å². The molecular weight excluding hydrogens is 413 g/mol. The van der Waals surface area contributed by atoms with E-state index >= 15 is 0 Å². The van der Waals surface area contributed by atoms with Crippen LogP contribution in [0.2, 0.25) is 0 Å². The van der Waals surface area contributed by atoms with Crippen LogP contribution >= 0.6 is 23.2 Å². The molecule has 0 saturated carbocycles. The number of nitrogens with zero attached hydrogens (tertiary/aromatic N) is 1. The first-order valence-corrected chi connectivity index (χ1v) is 9.13. The van der Waals surface area contributed by atoms with Crippen LogP contribution in [0.4, 0.5) is 20.2 Å². The normalized spacial score (nSPS) is 9.86. The number of aryl methyl sites for hydroxylation is 1. The van der Waals surface area contributed by atoms with Crippen LogP contribution < -0.4 is 11.5 Å². The highest BCUT2D eigenvalue weighted by Gasteiger charge is 2.05. The number of anilines is 2. The van der Waals surface area contributed by atoms with Gasteiger partial charge in [-0.3, -0.25) is 4.79 Å². The molecule has 28 heavy (non-hydrogen) atoms. The maximum atomic E-state index is 13.1. The molecule has 3 rings (SSSR count). The molecule has 3 aromatic rings. The van der Waals surface area contributed by atoms with E-state index in [0.717, 1.165) is 11.3 Å². The van der Waals surface area contributed by atoms with Crippen LogP contribution in [-0.4, -0.2) is 32.8 Å². The summed E-state index contributed by atoms with van der Waals surface area (Å²) in [6, 6.07) is 9.18. The number of carboxylic acids is 1. The van der Waals surface area contributed by atoms with Gasteiger partial charge < -0.3 is 21.6 Å². The summed E-state index contributed by atoms with van der Waals surface area (Å²) in [7, 11) is 0. The summed E-state index contributed by atoms with van der Waals surface area (Å²) < 4.78 is 25.5. The molecule has 10 heteroatoms. The summed E-state index contributed by atoms with van der Waals surface area (Å²) >= 11 is 10.6. The van der Waals surface area contributed by atoms with Gasteiger partial charge in [0.1, 0.15) is 17.2 Å². The summed E-state index contributed by atoms with van der Waals surface area (Å²) in [5.41, 5.74) is 11.9. The Labute approximate surface area is 170 Å². The smallest absolute Gasteiger partial charge is 0.304 e. The standard InChI is InChI=1S/C9H8ClFN2.C6H7FN2.C3H5ClO2/c10-5-4-8-12-7-3-1-2-6(11)9(7)13-8;7-4-2-1-3-5(8)6(4)9;4-2-1-3(5)6/h1-3H,4-5H2,(H,12,13);1-3H,8-9H2;1-2H2,(H,5,6). The van der Waals surface area contributed by atoms with Crippen molar-refractivity contribution in [2.24, 2.45) is 0 Å². The van der Waals surface area contributed by atoms with Crippen molar-refractivity contribution in [3.05, 3.63) is 53.9 Å². The number of hydrogen-bond acceptors (Lipinski definition) is 4. The number of nitrogens with two attached hydrogens (primary N) is 2. The first-order chi connectivity index (χ1) is 13.3. The number of fused-ring (bicyclic) bond motifs is 1. The second-order valence-corrected chi connectivity index (χ2v) is 6.09. The summed E-state index contributed by atoms with van der Waals surface area (Å²) in [6.45, 7) is 0. The predicted octanol–water partition coefficient (Wildman–Crippen LogP) is 4.17. The highest BCUT2D eigenvalue weighted by molar-refractivity contribution is 6.18. The fourth-order valence-electron chi connectivity index (χ4n) is 1.89. The largest absolute Gasteiger partial charge is 0.481 e. The lowest BCUT2D eigenvalue weighted by molar-refractivity contribution is -0.136. The Morgan fingerprint density at radius 2 is 1.71 bits per heavy atom. The number of carbonyl (C=O) groups is 1. The highest BCUT2D eigenvalue weighted by Crippen LogP contribution is 2.16. The zero-order chi connectivity index (χ0) is 21.1. The molecule has 0 spiro atoms. The SMILES string of the molecule is Fc1cccc2[nH]c(CCCl)nc12.Nc1cccc(F)c1N.O=C(O)CCCl. The molecule has 1 heterocycles. The van der Waals surface area contributed by atoms with Gasteiger partial charge in [-0.2, -0.15) is 0 Å². The molecule has 6 N–H and O–H groups in total. The van der Waals surface area contributed by atoms with Crippen molar-refractivity contribution in [3.8, 4) is 0 Å². The predicted molar refractivity (Wildman–Crippen MR) is 109 cm³/mol. The molecule has 0 unspecified atom stereocenters. The molecule has 0 amide bonds. The third kappa shape index (κ3) is 7.58. The Morgan fingerprint density at radius 1 is 1.07 bits per heavy atom. The van der Waals surface area contributed by atoms with E-state index in [4.69, 9.17) is 39.8 Å². The van der Waals surface area contributed by atoms with Gasteiger partial charge in [0.05, 0.1) is 23.3 Å². The lowest BCUT2D eigenvalue weighted by atomic mass is 10.3. The van der Waals surface area contributed by atoms with E-state index < -0.39 is 11.8 Å². The average Bonchev–Trinajstić information content (AvgIpc) is 3.05. The Bertz CT molecular complexity index is 886. The van der Waals surface area contributed by atoms with Crippen LogP contribution in [-0.2, 0) is 11.2 Å². The minimum absolute atomic E-state index is 0.0255. The lowest BCUT2D eigenvalue weighted by Gasteiger charge is -1.97. The van der Waals surface area contributed by atoms with Crippen LogP contribution in [0, 0.1) is 11.6 Å². The maximum Gasteiger partial charge on any atom is 0.304 e. The fraction of sp³-hybridized carbons (Fsp3) is 0.222. The molecule has 0 atom stereocenters. The monoisotopic (exact) mass is 432 g/mol. The van der Waals surface area contributed by atoms with Crippen molar-refractivity contribution in [1.29, 1.82) is 0 Å². The topological polar surface area (TPSA) is 118 Å². The molecule has 0 bridgehead atoms. The summed E-state index contributed by atoms with van der Waals surface area (Å²) in [5.74, 6) is -0.179. The van der Waals surface area contributed by atoms with E-state index in [-0.39, 0.29) is 29.5 Å². The second-order valence-electron chi connectivity index (χ2n) is 5.33. The summed E-state index contributed by atoms with van der Waals surface area (Å²) in [4.78, 5) is 16.6. The Kier molecular flexibility index (Phi) is 10.0. The van der Waals surface area contributed by atoms with Gasteiger partial charge in [0, 0.05) is 18.2 Å². The Balaban J connectivity index is 0.000000229. The van der Waals surface area contributed by atoms with Gasteiger partial charge in [0.2, 0.25) is 0 Å². The van der Waals surface area contributed by atoms with E-state index in [1.165, 1.54) is 18.2 Å². The molecule has 1 aromatic heterocycles. The number of alkyl halides is 2. The number of aromatic nitrogens is 2. The first-order valence-electron chi connectivity index (χ1n) is 8.06. The minimum Gasteiger partial charge on any atom is -0.481 e. The van der Waals surface area contributed by atoms with Crippen molar-refractivity contribution < 1.29 is 18.7 Å². The van der Waals surface area contributed by atoms with Crippen molar-refractivity contribution >= 4 is 51.6 Å². The van der Waals surface area contributed by atoms with Crippen LogP contribution in [0.15, 0.2) is 36.4 Å². The van der Waals surface area contributed by atoms with Crippen LogP contribution in [0.3, 0.4) is 0 Å². The second kappa shape index (κ2) is 12.0. The van der Waals surface area contributed by atoms with Crippen LogP contribution in [0.25, 0.3) is 11.0 Å². The highest BCUT2D eigenvalue weighted by atomic mass is 35.5. The van der Waals surface area contributed by atoms with Gasteiger partial charge in [-0.05, 0) is 24.3 Å². The van der Waals surface area contributed by atoms with Gasteiger partial charge in [0.25, 0.3) is 0 Å². The maximum absolute atomic E-state index is 13.1. The van der Waals surface area contributed by atoms with Gasteiger partial charge >= 0.3 is 5.97 Å². The van der Waals surface area contributed by atoms with Crippen molar-refractivity contribution in [2.75, 3.05) is 23.2 Å². The number of nitrogen functional groups attached to an aromatic ring is 2. The van der Waals surface area contributed by atoms with Gasteiger partial charge in [-0.25, -0.2) is 13.8 Å². The molecule has 0 fully saturated rings. The van der Waals surface area contributed by atoms with E-state index in [1.807, 2.05) is 0 Å². The molecule has 6 nitrogen and oxygen atoms in total. The molecule has 152 valence electrons. The third-order valence-corrected chi connectivity index (χ3v) is 3.62. The van der Waals surface area contributed by atoms with E-state index in [2.05, 4.69) is 9.97 Å². The minimum atomic E-state index is -0.843. The molecule has 0 radical (unpaired) electrons. The summed E-state index contributed by atoms with van der Waals surface area (Å²) in [6.07, 6.45) is 0.692. The van der Waals surface area contributed by atoms with Gasteiger partial charge in [0.15, 0.2) is 5.82 Å². The third-order valence-electron chi connectivity index (χ3n) is 3.24. The molecule has 0 aliphatic carbocycles. The molecule has 0 aliphatic heterocycles. The van der Waals surface area contributed by atoms with E-state index in [0.29, 0.717) is 17.8 Å². The van der Waals surface area contributed by atoms with Gasteiger partial charge in [-0.1, -0.05) is 12.1 Å². The average molecular weight is 433 g/mol. The number of benzene rings is 2. The molecule has 2 aromatic carbocycles. The Morgan fingerprint density at radius 3 is 2.18 bits per heavy atom. The number of H-pyrrole nitrogens is 1. The van der Waals surface area contributed by atoms with E-state index in [9.17, 15) is 13.6 Å². The number of nitrogens with one attached hydrogen (secondary N) is 1. The number of para-hydroxylation sites is 2. The van der Waals surface area contributed by atoms with Gasteiger partial charge in [-0.15, -0.1) is 23.2 Å². The number of hydrogen-bond donors (Lipinski definition) is 4. The fourth-order valence-corrected chi connectivity index (χ4v) is 2.23. The van der Waals surface area contributed by atoms with Crippen LogP contribution in [0.5, 0.6) is 0 Å². The van der Waals surface area contributed by atoms with Crippen molar-refractivity contribution in [2.45, 2.75) is 12.8 Å². The number of aliphatic carboxylic acids is 1. The zero-order valence-corrected chi connectivity index (χ0v) is 16.3. The van der Waals surface area contributed by atoms with Crippen molar-refractivity contribution in [1.82, 2.24) is 9.97 Å². The number of carboxylic acid groups (broad SMARTS) is 1. The first kappa shape index (κ1) is 23.5. The Hall–Kier alpha value is -2.58. The summed E-state index contributed by atoms with van der Waals surface area (Å²) in [5, 5.41) is 7.83. The molecule has 0 aliphatic rings. The van der Waals surface area contributed by atoms with Crippen LogP contribution in [0.1, 0.15) is 12.2 Å². The quantitative estimate of drug-likeness (QED) is 0.364. The molecule has 0 saturated heterocycles. The number of halogens is 4. The number of imidazole rings is 1.